The Morgan fingerprint density at radius 2 is 2.07 bits per heavy atom. The van der Waals surface area contributed by atoms with Gasteiger partial charge in [-0.1, -0.05) is 0 Å². The van der Waals surface area contributed by atoms with Gasteiger partial charge in [0.05, 0.1) is 0 Å². The minimum atomic E-state index is -0.0804. The third-order valence-corrected chi connectivity index (χ3v) is 2.23. The first-order chi connectivity index (χ1) is 6.66. The van der Waals surface area contributed by atoms with E-state index < -0.39 is 0 Å². The van der Waals surface area contributed by atoms with Gasteiger partial charge < -0.3 is 10.4 Å². The molecule has 0 aromatic heterocycles. The lowest BCUT2D eigenvalue weighted by atomic mass is 10.2. The van der Waals surface area contributed by atoms with E-state index in [1.165, 1.54) is 0 Å². The van der Waals surface area contributed by atoms with Crippen LogP contribution in [-0.4, -0.2) is 23.7 Å². The molecule has 0 aliphatic carbocycles. The van der Waals surface area contributed by atoms with Crippen molar-refractivity contribution in [3.05, 3.63) is 24.3 Å². The maximum atomic E-state index is 11.4. The summed E-state index contributed by atoms with van der Waals surface area (Å²) in [5, 5.41) is 11.9. The zero-order valence-corrected chi connectivity index (χ0v) is 7.90. The summed E-state index contributed by atoms with van der Waals surface area (Å²) in [5.41, 5.74) is 0.810. The van der Waals surface area contributed by atoms with E-state index in [4.69, 9.17) is 5.11 Å². The van der Waals surface area contributed by atoms with E-state index >= 15 is 0 Å². The molecule has 2 N–H and O–H groups in total. The fourth-order valence-corrected chi connectivity index (χ4v) is 1.55. The molecule has 0 radical (unpaired) electrons. The van der Waals surface area contributed by atoms with Gasteiger partial charge in [-0.15, -0.1) is 0 Å². The Morgan fingerprint density at radius 1 is 1.43 bits per heavy atom. The highest BCUT2D eigenvalue weighted by Gasteiger charge is 2.26. The van der Waals surface area contributed by atoms with E-state index in [2.05, 4.69) is 5.32 Å². The van der Waals surface area contributed by atoms with Crippen molar-refractivity contribution in [3.8, 4) is 5.75 Å². The molecule has 1 heterocycles. The number of anilines is 1. The molecule has 1 aromatic carbocycles. The number of phenols is 1. The van der Waals surface area contributed by atoms with Crippen molar-refractivity contribution in [3.63, 3.8) is 0 Å². The van der Waals surface area contributed by atoms with E-state index in [0.717, 1.165) is 5.69 Å². The van der Waals surface area contributed by atoms with Crippen molar-refractivity contribution < 1.29 is 9.90 Å². The zero-order chi connectivity index (χ0) is 10.1. The molecule has 0 bridgehead atoms. The highest BCUT2D eigenvalue weighted by atomic mass is 16.3. The van der Waals surface area contributed by atoms with Gasteiger partial charge in [-0.05, 0) is 31.2 Å². The van der Waals surface area contributed by atoms with Crippen molar-refractivity contribution in [1.82, 2.24) is 5.32 Å². The van der Waals surface area contributed by atoms with Crippen molar-refractivity contribution in [2.45, 2.75) is 13.0 Å². The van der Waals surface area contributed by atoms with E-state index in [9.17, 15) is 4.79 Å². The molecular weight excluding hydrogens is 180 g/mol. The molecule has 1 fully saturated rings. The number of hydrogen-bond donors (Lipinski definition) is 2. The van der Waals surface area contributed by atoms with Gasteiger partial charge in [-0.2, -0.15) is 0 Å². The van der Waals surface area contributed by atoms with Crippen LogP contribution in [0, 0.1) is 0 Å². The van der Waals surface area contributed by atoms with E-state index in [-0.39, 0.29) is 17.8 Å². The number of aromatic hydroxyl groups is 1. The zero-order valence-electron chi connectivity index (χ0n) is 7.90. The van der Waals surface area contributed by atoms with Gasteiger partial charge in [0, 0.05) is 18.3 Å². The molecule has 1 atom stereocenters. The Morgan fingerprint density at radius 3 is 2.57 bits per heavy atom. The summed E-state index contributed by atoms with van der Waals surface area (Å²) in [4.78, 5) is 13.1. The van der Waals surface area contributed by atoms with Crippen molar-refractivity contribution in [2.75, 3.05) is 11.4 Å². The third kappa shape index (κ3) is 1.51. The number of urea groups is 1. The predicted octanol–water partition coefficient (Wildman–Crippen LogP) is 1.31. The first-order valence-corrected chi connectivity index (χ1v) is 4.54. The molecule has 2 amide bonds. The fraction of sp³-hybridized carbons (Fsp3) is 0.300. The van der Waals surface area contributed by atoms with Crippen LogP contribution >= 0.6 is 0 Å². The fourth-order valence-electron chi connectivity index (χ4n) is 1.55. The lowest BCUT2D eigenvalue weighted by Gasteiger charge is -2.13. The van der Waals surface area contributed by atoms with Crippen LogP contribution in [0.2, 0.25) is 0 Å². The highest BCUT2D eigenvalue weighted by molar-refractivity contribution is 5.94. The number of rotatable bonds is 1. The Kier molecular flexibility index (Phi) is 2.04. The van der Waals surface area contributed by atoms with Crippen molar-refractivity contribution in [1.29, 1.82) is 0 Å². The molecule has 14 heavy (non-hydrogen) atoms. The largest absolute Gasteiger partial charge is 0.508 e. The predicted molar refractivity (Wildman–Crippen MR) is 53.4 cm³/mol. The van der Waals surface area contributed by atoms with Crippen LogP contribution in [0.15, 0.2) is 24.3 Å². The van der Waals surface area contributed by atoms with E-state index in [0.29, 0.717) is 6.54 Å². The summed E-state index contributed by atoms with van der Waals surface area (Å²) in [6.45, 7) is 2.63. The Bertz CT molecular complexity index is 348. The standard InChI is InChI=1S/C10H12N2O2/c1-7-6-12(10(14)11-7)8-2-4-9(13)5-3-8/h2-5,7,13H,6H2,1H3,(H,11,14). The summed E-state index contributed by atoms with van der Waals surface area (Å²) in [6, 6.07) is 6.70. The van der Waals surface area contributed by atoms with Gasteiger partial charge in [-0.25, -0.2) is 4.79 Å². The second kappa shape index (κ2) is 3.21. The molecule has 1 unspecified atom stereocenters. The third-order valence-electron chi connectivity index (χ3n) is 2.23. The molecule has 1 aliphatic heterocycles. The number of carbonyl (C=O) groups is 1. The minimum Gasteiger partial charge on any atom is -0.508 e. The SMILES string of the molecule is CC1CN(c2ccc(O)cc2)C(=O)N1. The molecular formula is C10H12N2O2. The van der Waals surface area contributed by atoms with Crippen LogP contribution < -0.4 is 10.2 Å². The second-order valence-corrected chi connectivity index (χ2v) is 3.48. The molecule has 1 aliphatic rings. The summed E-state index contributed by atoms with van der Waals surface area (Å²) in [5.74, 6) is 0.210. The molecule has 4 heteroatoms. The van der Waals surface area contributed by atoms with Gasteiger partial charge in [0.1, 0.15) is 5.75 Å². The first kappa shape index (κ1) is 8.87. The van der Waals surface area contributed by atoms with Gasteiger partial charge in [-0.3, -0.25) is 4.90 Å². The van der Waals surface area contributed by atoms with E-state index in [1.54, 1.807) is 29.2 Å². The normalized spacial score (nSPS) is 21.1. The smallest absolute Gasteiger partial charge is 0.322 e. The number of benzene rings is 1. The number of phenolic OH excluding ortho intramolecular Hbond substituents is 1. The summed E-state index contributed by atoms with van der Waals surface area (Å²) in [6.07, 6.45) is 0. The van der Waals surface area contributed by atoms with Crippen LogP contribution in [-0.2, 0) is 0 Å². The number of nitrogens with one attached hydrogen (secondary N) is 1. The van der Waals surface area contributed by atoms with Crippen LogP contribution in [0.4, 0.5) is 10.5 Å². The van der Waals surface area contributed by atoms with Gasteiger partial charge in [0.25, 0.3) is 0 Å². The van der Waals surface area contributed by atoms with Gasteiger partial charge in [0.15, 0.2) is 0 Å². The minimum absolute atomic E-state index is 0.0804. The molecule has 2 rings (SSSR count). The summed E-state index contributed by atoms with van der Waals surface area (Å²) in [7, 11) is 0. The quantitative estimate of drug-likeness (QED) is 0.704. The lowest BCUT2D eigenvalue weighted by molar-refractivity contribution is 0.251. The maximum Gasteiger partial charge on any atom is 0.322 e. The van der Waals surface area contributed by atoms with Gasteiger partial charge in [0.2, 0.25) is 0 Å². The van der Waals surface area contributed by atoms with Crippen LogP contribution in [0.3, 0.4) is 0 Å². The van der Waals surface area contributed by atoms with Crippen LogP contribution in [0.5, 0.6) is 5.75 Å². The van der Waals surface area contributed by atoms with Crippen molar-refractivity contribution in [2.24, 2.45) is 0 Å². The number of carbonyl (C=O) groups excluding carboxylic acids is 1. The molecule has 0 spiro atoms. The monoisotopic (exact) mass is 192 g/mol. The Balaban J connectivity index is 2.23. The van der Waals surface area contributed by atoms with Crippen molar-refractivity contribution >= 4 is 11.7 Å². The number of hydrogen-bond acceptors (Lipinski definition) is 2. The Hall–Kier alpha value is -1.71. The number of amides is 2. The maximum absolute atomic E-state index is 11.4. The highest BCUT2D eigenvalue weighted by Crippen LogP contribution is 2.20. The molecule has 74 valence electrons. The molecule has 0 saturated carbocycles. The molecule has 4 nitrogen and oxygen atoms in total. The summed E-state index contributed by atoms with van der Waals surface area (Å²) < 4.78 is 0. The van der Waals surface area contributed by atoms with Gasteiger partial charge >= 0.3 is 6.03 Å². The Labute approximate surface area is 82.2 Å². The first-order valence-electron chi connectivity index (χ1n) is 4.54. The average Bonchev–Trinajstić information content (AvgIpc) is 2.47. The average molecular weight is 192 g/mol. The molecule has 1 saturated heterocycles. The lowest BCUT2D eigenvalue weighted by Crippen LogP contribution is -2.27. The van der Waals surface area contributed by atoms with Crippen LogP contribution in [0.25, 0.3) is 0 Å². The van der Waals surface area contributed by atoms with Crippen LogP contribution in [0.1, 0.15) is 6.92 Å². The second-order valence-electron chi connectivity index (χ2n) is 3.48. The summed E-state index contributed by atoms with van der Waals surface area (Å²) >= 11 is 0. The molecule has 1 aromatic rings. The topological polar surface area (TPSA) is 52.6 Å². The van der Waals surface area contributed by atoms with E-state index in [1.807, 2.05) is 6.92 Å². The number of nitrogens with zero attached hydrogens (tertiary/aromatic N) is 1.